The number of Topliss-reactive ketones (excluding diaryl/α,β-unsaturated/α-hetero) is 1. The van der Waals surface area contributed by atoms with Gasteiger partial charge < -0.3 is 9.84 Å². The minimum atomic E-state index is -1.03. The Bertz CT molecular complexity index is 542. The van der Waals surface area contributed by atoms with E-state index in [0.29, 0.717) is 6.42 Å². The van der Waals surface area contributed by atoms with Crippen LogP contribution in [0.25, 0.3) is 0 Å². The van der Waals surface area contributed by atoms with Crippen LogP contribution in [0.15, 0.2) is 23.5 Å². The third-order valence-electron chi connectivity index (χ3n) is 4.60. The van der Waals surface area contributed by atoms with E-state index in [-0.39, 0.29) is 23.7 Å². The van der Waals surface area contributed by atoms with Crippen molar-refractivity contribution in [1.29, 1.82) is 0 Å². The molecule has 0 aromatic heterocycles. The second kappa shape index (κ2) is 4.89. The standard InChI is InChI=1S/C15H18O5/c1-8-4-5-9-11(16)7-12(20-3)14(19)15(9,2)10(8)6-13(17)18/h4,7,9-10H,5-6H2,1-3H3,(H,17,18). The minimum Gasteiger partial charge on any atom is -0.493 e. The van der Waals surface area contributed by atoms with Gasteiger partial charge in [-0.25, -0.2) is 0 Å². The number of carboxylic acid groups (broad SMARTS) is 1. The second-order valence-corrected chi connectivity index (χ2v) is 5.61. The maximum absolute atomic E-state index is 12.6. The minimum absolute atomic E-state index is 0.0267. The number of ketones is 2. The van der Waals surface area contributed by atoms with E-state index >= 15 is 0 Å². The van der Waals surface area contributed by atoms with Crippen LogP contribution in [-0.4, -0.2) is 29.8 Å². The van der Waals surface area contributed by atoms with Crippen LogP contribution in [0.5, 0.6) is 0 Å². The summed E-state index contributed by atoms with van der Waals surface area (Å²) < 4.78 is 5.00. The van der Waals surface area contributed by atoms with Gasteiger partial charge >= 0.3 is 5.97 Å². The van der Waals surface area contributed by atoms with Gasteiger partial charge in [0.25, 0.3) is 0 Å². The Balaban J connectivity index is 2.54. The lowest BCUT2D eigenvalue weighted by Gasteiger charge is -2.46. The van der Waals surface area contributed by atoms with Crippen molar-refractivity contribution in [3.63, 3.8) is 0 Å². The molecule has 2 aliphatic rings. The Morgan fingerprint density at radius 3 is 2.70 bits per heavy atom. The van der Waals surface area contributed by atoms with Crippen LogP contribution >= 0.6 is 0 Å². The van der Waals surface area contributed by atoms with Gasteiger partial charge in [0.15, 0.2) is 11.5 Å². The fourth-order valence-corrected chi connectivity index (χ4v) is 3.39. The summed E-state index contributed by atoms with van der Waals surface area (Å²) in [5.41, 5.74) is -0.182. The maximum Gasteiger partial charge on any atom is 0.303 e. The molecule has 0 saturated heterocycles. The lowest BCUT2D eigenvalue weighted by molar-refractivity contribution is -0.147. The van der Waals surface area contributed by atoms with Crippen molar-refractivity contribution in [2.75, 3.05) is 7.11 Å². The second-order valence-electron chi connectivity index (χ2n) is 5.61. The number of carbonyl (C=O) groups is 3. The molecular formula is C15H18O5. The van der Waals surface area contributed by atoms with Crippen molar-refractivity contribution in [3.05, 3.63) is 23.5 Å². The third kappa shape index (κ3) is 1.97. The number of hydrogen-bond acceptors (Lipinski definition) is 4. The Hall–Kier alpha value is -1.91. The van der Waals surface area contributed by atoms with E-state index in [1.165, 1.54) is 13.2 Å². The lowest BCUT2D eigenvalue weighted by Crippen LogP contribution is -2.51. The number of carbonyl (C=O) groups excluding carboxylic acids is 2. The molecule has 1 N–H and O–H groups in total. The van der Waals surface area contributed by atoms with Gasteiger partial charge in [-0.3, -0.25) is 14.4 Å². The molecule has 0 saturated carbocycles. The van der Waals surface area contributed by atoms with Gasteiger partial charge in [0.1, 0.15) is 0 Å². The average Bonchev–Trinajstić information content (AvgIpc) is 2.38. The van der Waals surface area contributed by atoms with Crippen LogP contribution in [0, 0.1) is 17.3 Å². The predicted octanol–water partition coefficient (Wildman–Crippen LogP) is 1.73. The fraction of sp³-hybridized carbons (Fsp3) is 0.533. The summed E-state index contributed by atoms with van der Waals surface area (Å²) in [5, 5.41) is 9.09. The van der Waals surface area contributed by atoms with Gasteiger partial charge in [-0.2, -0.15) is 0 Å². The van der Waals surface area contributed by atoms with Gasteiger partial charge in [0.2, 0.25) is 5.78 Å². The Morgan fingerprint density at radius 2 is 2.15 bits per heavy atom. The summed E-state index contributed by atoms with van der Waals surface area (Å²) in [4.78, 5) is 35.9. The maximum atomic E-state index is 12.6. The van der Waals surface area contributed by atoms with E-state index in [4.69, 9.17) is 9.84 Å². The molecule has 0 spiro atoms. The molecule has 5 heteroatoms. The molecule has 2 rings (SSSR count). The zero-order valence-corrected chi connectivity index (χ0v) is 11.8. The van der Waals surface area contributed by atoms with E-state index in [1.807, 2.05) is 13.0 Å². The SMILES string of the molecule is COC1=CC(=O)C2CC=C(C)C(CC(=O)O)C2(C)C1=O. The molecule has 0 fully saturated rings. The molecule has 0 bridgehead atoms. The molecule has 2 aliphatic carbocycles. The van der Waals surface area contributed by atoms with Gasteiger partial charge in [0, 0.05) is 17.9 Å². The summed E-state index contributed by atoms with van der Waals surface area (Å²) in [6, 6.07) is 0. The highest BCUT2D eigenvalue weighted by Crippen LogP contribution is 2.51. The zero-order valence-electron chi connectivity index (χ0n) is 11.8. The largest absolute Gasteiger partial charge is 0.493 e. The highest BCUT2D eigenvalue weighted by atomic mass is 16.5. The van der Waals surface area contributed by atoms with E-state index in [9.17, 15) is 14.4 Å². The molecule has 3 atom stereocenters. The predicted molar refractivity (Wildman–Crippen MR) is 70.8 cm³/mol. The highest BCUT2D eigenvalue weighted by molar-refractivity contribution is 6.12. The first kappa shape index (κ1) is 14.5. The van der Waals surface area contributed by atoms with E-state index < -0.39 is 23.2 Å². The van der Waals surface area contributed by atoms with Gasteiger partial charge in [-0.15, -0.1) is 0 Å². The summed E-state index contributed by atoms with van der Waals surface area (Å²) in [7, 11) is 1.35. The molecule has 5 nitrogen and oxygen atoms in total. The number of aliphatic carboxylic acids is 1. The Kier molecular flexibility index (Phi) is 3.54. The zero-order chi connectivity index (χ0) is 15.1. The van der Waals surface area contributed by atoms with Crippen molar-refractivity contribution in [2.45, 2.75) is 26.7 Å². The van der Waals surface area contributed by atoms with E-state index in [1.54, 1.807) is 6.92 Å². The van der Waals surface area contributed by atoms with Crippen LogP contribution in [0.4, 0.5) is 0 Å². The number of allylic oxidation sites excluding steroid dienone is 4. The summed E-state index contributed by atoms with van der Waals surface area (Å²) >= 11 is 0. The van der Waals surface area contributed by atoms with Crippen molar-refractivity contribution in [1.82, 2.24) is 0 Å². The average molecular weight is 278 g/mol. The fourth-order valence-electron chi connectivity index (χ4n) is 3.39. The molecule has 0 amide bonds. The van der Waals surface area contributed by atoms with Crippen molar-refractivity contribution in [3.8, 4) is 0 Å². The quantitative estimate of drug-likeness (QED) is 0.795. The molecule has 0 heterocycles. The normalized spacial score (nSPS) is 33.1. The molecular weight excluding hydrogens is 260 g/mol. The van der Waals surface area contributed by atoms with Crippen LogP contribution in [0.3, 0.4) is 0 Å². The van der Waals surface area contributed by atoms with Crippen LogP contribution in [0.1, 0.15) is 26.7 Å². The van der Waals surface area contributed by atoms with Gasteiger partial charge in [-0.05, 0) is 13.3 Å². The molecule has 0 aromatic rings. The summed E-state index contributed by atoms with van der Waals surface area (Å²) in [6.45, 7) is 3.51. The molecule has 108 valence electrons. The van der Waals surface area contributed by atoms with Crippen molar-refractivity contribution >= 4 is 17.5 Å². The Morgan fingerprint density at radius 1 is 1.50 bits per heavy atom. The van der Waals surface area contributed by atoms with Crippen molar-refractivity contribution < 1.29 is 24.2 Å². The molecule has 3 unspecified atom stereocenters. The Labute approximate surface area is 117 Å². The van der Waals surface area contributed by atoms with Crippen LogP contribution < -0.4 is 0 Å². The monoisotopic (exact) mass is 278 g/mol. The lowest BCUT2D eigenvalue weighted by atomic mass is 9.55. The number of methoxy groups -OCH3 is 1. The number of hydrogen-bond donors (Lipinski definition) is 1. The first-order valence-electron chi connectivity index (χ1n) is 6.55. The molecule has 0 aliphatic heterocycles. The smallest absolute Gasteiger partial charge is 0.303 e. The first-order valence-corrected chi connectivity index (χ1v) is 6.55. The number of fused-ring (bicyclic) bond motifs is 1. The first-order chi connectivity index (χ1) is 9.32. The topological polar surface area (TPSA) is 80.7 Å². The molecule has 0 aromatic carbocycles. The number of ether oxygens (including phenoxy) is 1. The molecule has 20 heavy (non-hydrogen) atoms. The van der Waals surface area contributed by atoms with Crippen LogP contribution in [-0.2, 0) is 19.1 Å². The number of carboxylic acids is 1. The third-order valence-corrected chi connectivity index (χ3v) is 4.60. The van der Waals surface area contributed by atoms with Gasteiger partial charge in [0.05, 0.1) is 18.9 Å². The molecule has 0 radical (unpaired) electrons. The van der Waals surface area contributed by atoms with Gasteiger partial charge in [-0.1, -0.05) is 18.6 Å². The van der Waals surface area contributed by atoms with Crippen molar-refractivity contribution in [2.24, 2.45) is 17.3 Å². The number of rotatable bonds is 3. The highest BCUT2D eigenvalue weighted by Gasteiger charge is 2.55. The van der Waals surface area contributed by atoms with E-state index in [0.717, 1.165) is 5.57 Å². The van der Waals surface area contributed by atoms with E-state index in [2.05, 4.69) is 0 Å². The van der Waals surface area contributed by atoms with Crippen LogP contribution in [0.2, 0.25) is 0 Å². The summed E-state index contributed by atoms with van der Waals surface area (Å²) in [6.07, 6.45) is 3.42. The summed E-state index contributed by atoms with van der Waals surface area (Å²) in [5.74, 6) is -2.36.